The van der Waals surface area contributed by atoms with Gasteiger partial charge in [-0.2, -0.15) is 0 Å². The predicted octanol–water partition coefficient (Wildman–Crippen LogP) is 1.41. The van der Waals surface area contributed by atoms with Gasteiger partial charge in [-0.3, -0.25) is 0 Å². The third-order valence-corrected chi connectivity index (χ3v) is 5.39. The van der Waals surface area contributed by atoms with Gasteiger partial charge in [-0.15, -0.1) is 0 Å². The first-order chi connectivity index (χ1) is 5.77. The Hall–Kier alpha value is -0.613. The summed E-state index contributed by atoms with van der Waals surface area (Å²) < 4.78 is 7.26. The van der Waals surface area contributed by atoms with E-state index in [4.69, 9.17) is 4.74 Å². The van der Waals surface area contributed by atoms with E-state index in [1.54, 1.807) is 6.92 Å². The van der Waals surface area contributed by atoms with E-state index >= 15 is 0 Å². The van der Waals surface area contributed by atoms with Gasteiger partial charge >= 0.3 is 5.97 Å². The maximum absolute atomic E-state index is 11.1. The minimum atomic E-state index is -1.54. The first-order valence-corrected chi connectivity index (χ1v) is 7.43. The first-order valence-electron chi connectivity index (χ1n) is 4.27. The lowest BCUT2D eigenvalue weighted by atomic mass is 10.4. The van der Waals surface area contributed by atoms with Crippen LogP contribution in [0.3, 0.4) is 0 Å². The van der Waals surface area contributed by atoms with E-state index in [0.717, 1.165) is 0 Å². The van der Waals surface area contributed by atoms with Crippen LogP contribution in [0, 0.1) is 0 Å². The van der Waals surface area contributed by atoms with E-state index in [0.29, 0.717) is 11.8 Å². The molecule has 0 saturated carbocycles. The van der Waals surface area contributed by atoms with Gasteiger partial charge in [-0.1, -0.05) is 19.7 Å². The minimum absolute atomic E-state index is 0.289. The predicted molar refractivity (Wildman–Crippen MR) is 56.9 cm³/mol. The summed E-state index contributed by atoms with van der Waals surface area (Å²) in [5, 5.41) is 0. The molecule has 76 valence electrons. The normalized spacial score (nSPS) is 11.5. The molecule has 0 aliphatic rings. The highest BCUT2D eigenvalue weighted by Crippen LogP contribution is 2.06. The van der Waals surface area contributed by atoms with Crippen LogP contribution >= 0.6 is 0 Å². The fourth-order valence-corrected chi connectivity index (χ4v) is 1.24. The Morgan fingerprint density at radius 3 is 2.23 bits per heavy atom. The highest BCUT2D eigenvalue weighted by atomic mass is 28.3. The van der Waals surface area contributed by atoms with Crippen molar-refractivity contribution in [1.29, 1.82) is 0 Å². The Labute approximate surface area is 81.5 Å². The van der Waals surface area contributed by atoms with Crippen LogP contribution in [0.5, 0.6) is 0 Å². The van der Waals surface area contributed by atoms with Crippen LogP contribution in [0.25, 0.3) is 0 Å². The highest BCUT2D eigenvalue weighted by Gasteiger charge is 2.25. The smallest absolute Gasteiger partial charge is 0.332 e. The lowest BCUT2D eigenvalue weighted by molar-refractivity contribution is -0.137. The van der Waals surface area contributed by atoms with Crippen molar-refractivity contribution in [2.75, 3.05) is 20.3 Å². The number of carbonyl (C=O) groups is 1. The van der Waals surface area contributed by atoms with E-state index in [-0.39, 0.29) is 5.97 Å². The molecule has 0 bridgehead atoms. The fraction of sp³-hybridized carbons (Fsp3) is 0.667. The van der Waals surface area contributed by atoms with Gasteiger partial charge in [-0.05, 0) is 21.0 Å². The summed E-state index contributed by atoms with van der Waals surface area (Å²) in [5.74, 6) is -0.289. The zero-order valence-electron chi connectivity index (χ0n) is 9.18. The fourth-order valence-electron chi connectivity index (χ4n) is 0.494. The number of carbonyl (C=O) groups excluding carboxylic acids is 1. The Morgan fingerprint density at radius 1 is 1.46 bits per heavy atom. The van der Waals surface area contributed by atoms with E-state index in [1.165, 1.54) is 0 Å². The molecule has 3 nitrogen and oxygen atoms in total. The van der Waals surface area contributed by atoms with E-state index < -0.39 is 8.24 Å². The molecule has 4 heteroatoms. The van der Waals surface area contributed by atoms with Crippen LogP contribution in [0.4, 0.5) is 0 Å². The molecule has 0 spiro atoms. The summed E-state index contributed by atoms with van der Waals surface area (Å²) >= 11 is 0. The van der Waals surface area contributed by atoms with Crippen molar-refractivity contribution < 1.29 is 9.53 Å². The summed E-state index contributed by atoms with van der Waals surface area (Å²) in [6, 6.07) is 0. The summed E-state index contributed by atoms with van der Waals surface area (Å²) in [6.07, 6.45) is 0.520. The zero-order chi connectivity index (χ0) is 10.6. The second kappa shape index (κ2) is 4.57. The lowest BCUT2D eigenvalue weighted by Gasteiger charge is -2.29. The Bertz CT molecular complexity index is 212. The average Bonchev–Trinajstić information content (AvgIpc) is 1.99. The quantitative estimate of drug-likeness (QED) is 0.391. The van der Waals surface area contributed by atoms with Crippen LogP contribution in [0.2, 0.25) is 13.1 Å². The van der Waals surface area contributed by atoms with Crippen molar-refractivity contribution in [3.8, 4) is 0 Å². The molecule has 0 rings (SSSR count). The summed E-state index contributed by atoms with van der Waals surface area (Å²) in [4.78, 5) is 11.1. The van der Waals surface area contributed by atoms with Gasteiger partial charge in [0.15, 0.2) is 8.24 Å². The molecular weight excluding hydrogens is 182 g/mol. The largest absolute Gasteiger partial charge is 0.464 e. The van der Waals surface area contributed by atoms with Crippen molar-refractivity contribution in [3.05, 3.63) is 12.2 Å². The Balaban J connectivity index is 4.02. The molecule has 0 N–H and O–H groups in total. The van der Waals surface area contributed by atoms with E-state index in [9.17, 15) is 4.79 Å². The van der Waals surface area contributed by atoms with Crippen LogP contribution < -0.4 is 0 Å². The molecular formula is C9H19NO2Si. The van der Waals surface area contributed by atoms with Crippen molar-refractivity contribution in [2.45, 2.75) is 20.0 Å². The van der Waals surface area contributed by atoms with Gasteiger partial charge in [0.1, 0.15) is 0 Å². The van der Waals surface area contributed by atoms with E-state index in [2.05, 4.69) is 24.2 Å². The maximum atomic E-state index is 11.1. The van der Waals surface area contributed by atoms with Crippen LogP contribution in [0.15, 0.2) is 12.2 Å². The third-order valence-electron chi connectivity index (χ3n) is 2.12. The summed E-state index contributed by atoms with van der Waals surface area (Å²) in [5.41, 5.74) is 0.462. The zero-order valence-corrected chi connectivity index (χ0v) is 10.2. The van der Waals surface area contributed by atoms with Gasteiger partial charge in [0.05, 0.1) is 6.23 Å². The van der Waals surface area contributed by atoms with Crippen molar-refractivity contribution in [1.82, 2.24) is 4.57 Å². The van der Waals surface area contributed by atoms with Gasteiger partial charge in [0.25, 0.3) is 0 Å². The topological polar surface area (TPSA) is 29.5 Å². The molecule has 0 amide bonds. The summed E-state index contributed by atoms with van der Waals surface area (Å²) in [7, 11) is 2.49. The molecule has 13 heavy (non-hydrogen) atoms. The molecule has 0 aromatic carbocycles. The number of hydrogen-bond donors (Lipinski definition) is 0. The SMILES string of the molecule is C=C(C)C(=O)OC[Si](C)(C)N(C)C. The van der Waals surface area contributed by atoms with Crippen LogP contribution in [-0.2, 0) is 9.53 Å². The molecule has 0 aliphatic heterocycles. The molecule has 0 heterocycles. The molecule has 0 aromatic rings. The van der Waals surface area contributed by atoms with Gasteiger partial charge in [-0.25, -0.2) is 4.79 Å². The minimum Gasteiger partial charge on any atom is -0.464 e. The second-order valence-electron chi connectivity index (χ2n) is 4.06. The number of esters is 1. The second-order valence-corrected chi connectivity index (χ2v) is 8.87. The standard InChI is InChI=1S/C9H19NO2Si/c1-8(2)9(11)12-7-13(5,6)10(3)4/h1,7H2,2-6H3. The van der Waals surface area contributed by atoms with Crippen molar-refractivity contribution in [2.24, 2.45) is 0 Å². The van der Waals surface area contributed by atoms with Gasteiger partial charge in [0.2, 0.25) is 0 Å². The lowest BCUT2D eigenvalue weighted by Crippen LogP contribution is -2.48. The van der Waals surface area contributed by atoms with Crippen molar-refractivity contribution >= 4 is 14.2 Å². The van der Waals surface area contributed by atoms with Gasteiger partial charge in [0, 0.05) is 5.57 Å². The molecule has 0 unspecified atom stereocenters. The maximum Gasteiger partial charge on any atom is 0.332 e. The van der Waals surface area contributed by atoms with Crippen LogP contribution in [-0.4, -0.2) is 39.1 Å². The van der Waals surface area contributed by atoms with E-state index in [1.807, 2.05) is 14.1 Å². The van der Waals surface area contributed by atoms with Crippen molar-refractivity contribution in [3.63, 3.8) is 0 Å². The molecule has 0 fully saturated rings. The monoisotopic (exact) mass is 201 g/mol. The Morgan fingerprint density at radius 2 is 1.92 bits per heavy atom. The average molecular weight is 201 g/mol. The first kappa shape index (κ1) is 12.4. The van der Waals surface area contributed by atoms with Crippen LogP contribution in [0.1, 0.15) is 6.92 Å². The summed E-state index contributed by atoms with van der Waals surface area (Å²) in [6.45, 7) is 9.49. The number of hydrogen-bond acceptors (Lipinski definition) is 3. The molecule has 0 aliphatic carbocycles. The molecule has 0 radical (unpaired) electrons. The number of ether oxygens (including phenoxy) is 1. The number of nitrogens with zero attached hydrogens (tertiary/aromatic N) is 1. The van der Waals surface area contributed by atoms with Gasteiger partial charge < -0.3 is 9.30 Å². The molecule has 0 saturated heterocycles. The molecule has 0 aromatic heterocycles. The Kier molecular flexibility index (Phi) is 4.36. The molecule has 0 atom stereocenters. The highest BCUT2D eigenvalue weighted by molar-refractivity contribution is 6.74. The number of rotatable bonds is 4. The third kappa shape index (κ3) is 4.24.